The van der Waals surface area contributed by atoms with Gasteiger partial charge in [-0.25, -0.2) is 0 Å². The van der Waals surface area contributed by atoms with E-state index in [4.69, 9.17) is 4.98 Å². The number of benzene rings is 2. The number of ketones is 1. The average molecular weight is 491 g/mol. The van der Waals surface area contributed by atoms with Crippen LogP contribution in [0, 0.1) is 6.92 Å². The van der Waals surface area contributed by atoms with E-state index in [0.29, 0.717) is 30.5 Å². The van der Waals surface area contributed by atoms with Gasteiger partial charge in [0, 0.05) is 24.1 Å². The van der Waals surface area contributed by atoms with Gasteiger partial charge in [-0.3, -0.25) is 14.6 Å². The van der Waals surface area contributed by atoms with Crippen LogP contribution in [0.15, 0.2) is 54.6 Å². The number of hydrogen-bond acceptors (Lipinski definition) is 5. The fourth-order valence-electron chi connectivity index (χ4n) is 5.13. The molecule has 0 bridgehead atoms. The second-order valence-electron chi connectivity index (χ2n) is 9.76. The summed E-state index contributed by atoms with van der Waals surface area (Å²) < 4.78 is 35.9. The van der Waals surface area contributed by atoms with Crippen LogP contribution in [0.25, 0.3) is 11.3 Å². The zero-order valence-corrected chi connectivity index (χ0v) is 19.6. The van der Waals surface area contributed by atoms with Gasteiger partial charge in [-0.05, 0) is 61.1 Å². The number of carbonyl (C=O) groups excluding carboxylic acids is 2. The van der Waals surface area contributed by atoms with Crippen molar-refractivity contribution in [1.29, 1.82) is 0 Å². The molecule has 184 valence electrons. The Kier molecular flexibility index (Phi) is 5.10. The number of nitrogens with one attached hydrogen (secondary N) is 1. The van der Waals surface area contributed by atoms with Crippen molar-refractivity contribution in [3.8, 4) is 22.8 Å². The van der Waals surface area contributed by atoms with Crippen LogP contribution in [0.1, 0.15) is 54.1 Å². The molecule has 1 unspecified atom stereocenters. The van der Waals surface area contributed by atoms with Crippen molar-refractivity contribution in [2.75, 3.05) is 0 Å². The van der Waals surface area contributed by atoms with Gasteiger partial charge >= 0.3 is 6.29 Å². The van der Waals surface area contributed by atoms with E-state index in [0.717, 1.165) is 28.8 Å². The molecule has 1 aliphatic carbocycles. The summed E-state index contributed by atoms with van der Waals surface area (Å²) in [5.74, 6) is -0.0000558. The Morgan fingerprint density at radius 2 is 1.81 bits per heavy atom. The van der Waals surface area contributed by atoms with Crippen molar-refractivity contribution in [3.05, 3.63) is 77.0 Å². The molecule has 3 heterocycles. The highest BCUT2D eigenvalue weighted by Gasteiger charge is 2.52. The highest BCUT2D eigenvalue weighted by Crippen LogP contribution is 2.52. The van der Waals surface area contributed by atoms with E-state index in [1.54, 1.807) is 6.07 Å². The predicted octanol–water partition coefficient (Wildman–Crippen LogP) is 5.17. The molecular weight excluding hydrogens is 466 g/mol. The molecule has 1 aromatic heterocycles. The first-order valence-corrected chi connectivity index (χ1v) is 12.0. The van der Waals surface area contributed by atoms with Crippen LogP contribution in [-0.4, -0.2) is 23.0 Å². The first kappa shape index (κ1) is 22.6. The molecule has 2 aromatic carbocycles. The van der Waals surface area contributed by atoms with E-state index >= 15 is 0 Å². The van der Waals surface area contributed by atoms with Gasteiger partial charge in [0.2, 0.25) is 5.91 Å². The number of fused-ring (bicyclic) bond motifs is 1. The normalized spacial score (nSPS) is 20.8. The molecule has 2 aliphatic heterocycles. The van der Waals surface area contributed by atoms with E-state index in [1.807, 2.05) is 43.3 Å². The number of pyridine rings is 1. The topological polar surface area (TPSA) is 77.5 Å². The Morgan fingerprint density at radius 3 is 2.50 bits per heavy atom. The number of Topliss-reactive ketones (excluding diaryl/α,β-unsaturated/α-hetero) is 1. The lowest BCUT2D eigenvalue weighted by Gasteiger charge is -2.16. The number of alkyl halides is 2. The Balaban J connectivity index is 1.21. The number of amides is 1. The lowest BCUT2D eigenvalue weighted by atomic mass is 9.88. The molecule has 1 N–H and O–H groups in total. The lowest BCUT2D eigenvalue weighted by molar-refractivity contribution is -0.286. The van der Waals surface area contributed by atoms with E-state index in [-0.39, 0.29) is 35.7 Å². The molecule has 6 rings (SSSR count). The van der Waals surface area contributed by atoms with Gasteiger partial charge in [0.1, 0.15) is 5.78 Å². The first-order valence-electron chi connectivity index (χ1n) is 12.0. The van der Waals surface area contributed by atoms with Crippen molar-refractivity contribution in [2.45, 2.75) is 56.8 Å². The van der Waals surface area contributed by atoms with Gasteiger partial charge in [0.15, 0.2) is 11.5 Å². The highest BCUT2D eigenvalue weighted by atomic mass is 19.3. The molecule has 0 radical (unpaired) electrons. The molecule has 2 fully saturated rings. The summed E-state index contributed by atoms with van der Waals surface area (Å²) in [6.45, 7) is 1.98. The number of hydrogen-bond donors (Lipinski definition) is 1. The van der Waals surface area contributed by atoms with Crippen LogP contribution in [0.3, 0.4) is 0 Å². The SMILES string of the molecule is Cc1ccc(CC(=O)C2(c3ccc4c(c3)OC(F)(F)O4)CC2)nc1-c1ccc(C2CCC(=O)N2)cc1. The maximum atomic E-state index is 13.4. The van der Waals surface area contributed by atoms with Gasteiger partial charge < -0.3 is 14.8 Å². The van der Waals surface area contributed by atoms with E-state index in [9.17, 15) is 18.4 Å². The number of aromatic nitrogens is 1. The largest absolute Gasteiger partial charge is 0.586 e. The lowest BCUT2D eigenvalue weighted by Crippen LogP contribution is -2.26. The third kappa shape index (κ3) is 4.00. The van der Waals surface area contributed by atoms with Gasteiger partial charge in [-0.1, -0.05) is 36.4 Å². The van der Waals surface area contributed by atoms with Gasteiger partial charge in [0.25, 0.3) is 0 Å². The van der Waals surface area contributed by atoms with Crippen molar-refractivity contribution in [2.24, 2.45) is 0 Å². The number of ether oxygens (including phenoxy) is 2. The molecule has 1 saturated heterocycles. The van der Waals surface area contributed by atoms with Crippen LogP contribution in [0.4, 0.5) is 8.78 Å². The zero-order chi connectivity index (χ0) is 25.1. The van der Waals surface area contributed by atoms with Gasteiger partial charge in [-0.15, -0.1) is 8.78 Å². The molecule has 0 spiro atoms. The Morgan fingerprint density at radius 1 is 1.06 bits per heavy atom. The van der Waals surface area contributed by atoms with Crippen LogP contribution >= 0.6 is 0 Å². The van der Waals surface area contributed by atoms with Gasteiger partial charge in [0.05, 0.1) is 17.2 Å². The van der Waals surface area contributed by atoms with E-state index < -0.39 is 11.7 Å². The summed E-state index contributed by atoms with van der Waals surface area (Å²) >= 11 is 0. The zero-order valence-electron chi connectivity index (χ0n) is 19.6. The molecule has 1 saturated carbocycles. The van der Waals surface area contributed by atoms with Crippen LogP contribution in [0.5, 0.6) is 11.5 Å². The third-order valence-electron chi connectivity index (χ3n) is 7.32. The minimum Gasteiger partial charge on any atom is -0.395 e. The van der Waals surface area contributed by atoms with E-state index in [1.165, 1.54) is 12.1 Å². The smallest absolute Gasteiger partial charge is 0.395 e. The van der Waals surface area contributed by atoms with Crippen LogP contribution in [0.2, 0.25) is 0 Å². The second-order valence-corrected chi connectivity index (χ2v) is 9.76. The maximum absolute atomic E-state index is 13.4. The van der Waals surface area contributed by atoms with Crippen LogP contribution < -0.4 is 14.8 Å². The van der Waals surface area contributed by atoms with Gasteiger partial charge in [-0.2, -0.15) is 0 Å². The number of nitrogens with zero attached hydrogens (tertiary/aromatic N) is 1. The monoisotopic (exact) mass is 490 g/mol. The maximum Gasteiger partial charge on any atom is 0.586 e. The number of aryl methyl sites for hydroxylation is 1. The minimum atomic E-state index is -3.69. The number of halogens is 2. The summed E-state index contributed by atoms with van der Waals surface area (Å²) in [6.07, 6.45) is -0.902. The summed E-state index contributed by atoms with van der Waals surface area (Å²) in [5.41, 5.74) is 4.40. The summed E-state index contributed by atoms with van der Waals surface area (Å²) in [6, 6.07) is 16.4. The van der Waals surface area contributed by atoms with Crippen molar-refractivity contribution < 1.29 is 27.8 Å². The fraction of sp³-hybridized carbons (Fsp3) is 0.321. The molecular formula is C28H24F2N2O4. The first-order chi connectivity index (χ1) is 17.2. The summed E-state index contributed by atoms with van der Waals surface area (Å²) in [5, 5.41) is 2.98. The number of carbonyl (C=O) groups is 2. The highest BCUT2D eigenvalue weighted by molar-refractivity contribution is 5.94. The standard InChI is InChI=1S/C28H24F2N2O4/c1-16-2-8-20(31-26(16)18-5-3-17(4-6-18)21-9-11-25(34)32-21)15-24(33)27(12-13-27)19-7-10-22-23(14-19)36-28(29,30)35-22/h2-8,10,14,21H,9,11-13,15H2,1H3,(H,32,34). The Hall–Kier alpha value is -3.81. The molecule has 6 nitrogen and oxygen atoms in total. The molecule has 8 heteroatoms. The molecule has 1 amide bonds. The number of rotatable bonds is 6. The quantitative estimate of drug-likeness (QED) is 0.516. The fourth-order valence-corrected chi connectivity index (χ4v) is 5.13. The Bertz CT molecular complexity index is 1380. The van der Waals surface area contributed by atoms with E-state index in [2.05, 4.69) is 14.8 Å². The molecule has 36 heavy (non-hydrogen) atoms. The third-order valence-corrected chi connectivity index (χ3v) is 7.32. The molecule has 1 atom stereocenters. The summed E-state index contributed by atoms with van der Waals surface area (Å²) in [7, 11) is 0. The molecule has 3 aliphatic rings. The second kappa shape index (κ2) is 8.11. The summed E-state index contributed by atoms with van der Waals surface area (Å²) in [4.78, 5) is 29.7. The van der Waals surface area contributed by atoms with Crippen molar-refractivity contribution >= 4 is 11.7 Å². The van der Waals surface area contributed by atoms with Crippen molar-refractivity contribution in [1.82, 2.24) is 10.3 Å². The Labute approximate surface area is 206 Å². The molecule has 3 aromatic rings. The minimum absolute atomic E-state index is 0.00255. The predicted molar refractivity (Wildman–Crippen MR) is 127 cm³/mol. The van der Waals surface area contributed by atoms with Crippen LogP contribution in [-0.2, 0) is 21.4 Å². The van der Waals surface area contributed by atoms with Crippen molar-refractivity contribution in [3.63, 3.8) is 0 Å². The average Bonchev–Trinajstić information content (AvgIpc) is 3.45.